The molecule has 4 N–H and O–H groups in total. The number of thioether (sulfide) groups is 1. The van der Waals surface area contributed by atoms with E-state index in [0.29, 0.717) is 5.56 Å². The molecule has 1 aliphatic rings. The Labute approximate surface area is 256 Å². The van der Waals surface area contributed by atoms with E-state index in [9.17, 15) is 23.7 Å². The Bertz CT molecular complexity index is 1550. The van der Waals surface area contributed by atoms with Crippen molar-refractivity contribution < 1.29 is 37.6 Å². The zero-order chi connectivity index (χ0) is 32.7. The highest BCUT2D eigenvalue weighted by Crippen LogP contribution is 2.50. The Balaban J connectivity index is 1.76. The maximum Gasteiger partial charge on any atom is 0.530 e. The van der Waals surface area contributed by atoms with E-state index >= 15 is 0 Å². The summed E-state index contributed by atoms with van der Waals surface area (Å²) in [5, 5.41) is 12.7. The number of phosphoric ester groups is 1. The number of carbonyl (C=O) groups is 2. The van der Waals surface area contributed by atoms with Crippen molar-refractivity contribution in [2.75, 3.05) is 19.0 Å². The van der Waals surface area contributed by atoms with E-state index in [1.165, 1.54) is 25.3 Å². The number of H-pyrrole nitrogens is 1. The average molecular weight is 655 g/mol. The van der Waals surface area contributed by atoms with Crippen molar-refractivity contribution in [2.24, 2.45) is 16.3 Å². The molecule has 2 unspecified atom stereocenters. The second-order valence-electron chi connectivity index (χ2n) is 11.0. The molecule has 0 aliphatic carbocycles. The molecule has 1 aromatic carbocycles. The van der Waals surface area contributed by atoms with Gasteiger partial charge >= 0.3 is 19.5 Å². The van der Waals surface area contributed by atoms with Crippen LogP contribution in [0.25, 0.3) is 10.4 Å². The molecule has 0 radical (unpaired) electrons. The lowest BCUT2D eigenvalue weighted by Crippen LogP contribution is -2.33. The Morgan fingerprint density at radius 3 is 2.59 bits per heavy atom. The monoisotopic (exact) mass is 654 g/mol. The molecule has 16 nitrogen and oxygen atoms in total. The SMILES string of the molecule is Cc1cn([C@H]2C[C@H](N=[N+]=[N-])[C@@H](COP(=O)(OCCSC(=O)C(C)(C)C)Oc3ccc(CC(N)C(=O)O)cc3)O2)c(=O)[nH]c1=O. The maximum atomic E-state index is 13.8. The number of aromatic amines is 1. The molecule has 1 aromatic heterocycles. The summed E-state index contributed by atoms with van der Waals surface area (Å²) in [6.07, 6.45) is -0.470. The summed E-state index contributed by atoms with van der Waals surface area (Å²) < 4.78 is 37.6. The summed E-state index contributed by atoms with van der Waals surface area (Å²) in [5.74, 6) is -0.932. The molecule has 240 valence electrons. The smallest absolute Gasteiger partial charge is 0.480 e. The second-order valence-corrected chi connectivity index (χ2v) is 13.6. The van der Waals surface area contributed by atoms with E-state index in [2.05, 4.69) is 15.0 Å². The Morgan fingerprint density at radius 1 is 1.30 bits per heavy atom. The topological polar surface area (TPSA) is 238 Å². The van der Waals surface area contributed by atoms with E-state index in [0.717, 1.165) is 16.3 Å². The van der Waals surface area contributed by atoms with E-state index in [4.69, 9.17) is 34.7 Å². The van der Waals surface area contributed by atoms with Gasteiger partial charge in [-0.2, -0.15) is 0 Å². The average Bonchev–Trinajstić information content (AvgIpc) is 3.35. The summed E-state index contributed by atoms with van der Waals surface area (Å²) in [7, 11) is -4.39. The zero-order valence-corrected chi connectivity index (χ0v) is 26.3. The number of carbonyl (C=O) groups excluding carboxylic acids is 1. The Hall–Kier alpha value is -3.43. The van der Waals surface area contributed by atoms with Crippen LogP contribution < -0.4 is 21.5 Å². The quantitative estimate of drug-likeness (QED) is 0.0874. The number of carboxylic acids is 1. The fourth-order valence-corrected chi connectivity index (χ4v) is 6.05. The summed E-state index contributed by atoms with van der Waals surface area (Å²) in [4.78, 5) is 52.5. The van der Waals surface area contributed by atoms with Gasteiger partial charge in [0.25, 0.3) is 5.56 Å². The fraction of sp³-hybridized carbons (Fsp3) is 0.538. The first-order valence-corrected chi connectivity index (χ1v) is 15.9. The standard InChI is InChI=1S/C26H35N6O10PS/c1-15-13-32(25(37)29-22(15)33)21-12-19(30-31-28)20(41-21)14-40-43(38,39-9-10-44-24(36)26(2,3)4)42-17-7-5-16(6-8-17)11-18(27)23(34)35/h5-8,13,18-21H,9-12,14,27H2,1-4H3,(H,34,35)(H,29,33,37)/t18?,19-,20+,21+,43?/m0/s1. The first-order valence-electron chi connectivity index (χ1n) is 13.5. The molecule has 1 fully saturated rings. The van der Waals surface area contributed by atoms with Crippen molar-refractivity contribution in [2.45, 2.75) is 65.0 Å². The summed E-state index contributed by atoms with van der Waals surface area (Å²) in [5.41, 5.74) is 13.7. The molecule has 3 rings (SSSR count). The molecular formula is C26H35N6O10PS. The largest absolute Gasteiger partial charge is 0.530 e. The molecule has 2 aromatic rings. The molecule has 5 atom stereocenters. The first kappa shape index (κ1) is 35.1. The van der Waals surface area contributed by atoms with Gasteiger partial charge in [0.2, 0.25) is 0 Å². The highest BCUT2D eigenvalue weighted by molar-refractivity contribution is 8.13. The van der Waals surface area contributed by atoms with Crippen molar-refractivity contribution in [1.82, 2.24) is 9.55 Å². The molecule has 18 heteroatoms. The number of nitrogens with one attached hydrogen (secondary N) is 1. The number of nitrogens with two attached hydrogens (primary N) is 1. The van der Waals surface area contributed by atoms with Gasteiger partial charge in [-0.15, -0.1) is 0 Å². The minimum Gasteiger partial charge on any atom is -0.480 e. The van der Waals surface area contributed by atoms with Crippen LogP contribution in [0.2, 0.25) is 0 Å². The third-order valence-corrected chi connectivity index (χ3v) is 8.99. The van der Waals surface area contributed by atoms with E-state index in [1.807, 2.05) is 0 Å². The highest BCUT2D eigenvalue weighted by Gasteiger charge is 2.39. The molecular weight excluding hydrogens is 619 g/mol. The summed E-state index contributed by atoms with van der Waals surface area (Å²) in [6.45, 7) is 6.20. The van der Waals surface area contributed by atoms with Gasteiger partial charge in [-0.1, -0.05) is 49.8 Å². The molecule has 2 heterocycles. The number of aromatic nitrogens is 2. The number of ether oxygens (including phenoxy) is 1. The van der Waals surface area contributed by atoms with Gasteiger partial charge in [-0.25, -0.2) is 9.36 Å². The van der Waals surface area contributed by atoms with Gasteiger partial charge in [0.15, 0.2) is 5.12 Å². The molecule has 0 amide bonds. The minimum absolute atomic E-state index is 0.0538. The lowest BCUT2D eigenvalue weighted by Gasteiger charge is -2.22. The van der Waals surface area contributed by atoms with Gasteiger partial charge in [-0.05, 0) is 36.6 Å². The Morgan fingerprint density at radius 2 is 1.98 bits per heavy atom. The van der Waals surface area contributed by atoms with Crippen LogP contribution in [0.5, 0.6) is 5.75 Å². The van der Waals surface area contributed by atoms with E-state index in [1.54, 1.807) is 32.9 Å². The number of phosphoric acid groups is 1. The van der Waals surface area contributed by atoms with Crippen molar-refractivity contribution in [1.29, 1.82) is 0 Å². The van der Waals surface area contributed by atoms with E-state index in [-0.39, 0.29) is 41.6 Å². The Kier molecular flexibility index (Phi) is 12.0. The lowest BCUT2D eigenvalue weighted by atomic mass is 10.00. The predicted octanol–water partition coefficient (Wildman–Crippen LogP) is 3.29. The van der Waals surface area contributed by atoms with Gasteiger partial charge in [0, 0.05) is 34.3 Å². The van der Waals surface area contributed by atoms with Crippen LogP contribution in [0.15, 0.2) is 45.2 Å². The lowest BCUT2D eigenvalue weighted by molar-refractivity contribution is -0.138. The van der Waals surface area contributed by atoms with Crippen LogP contribution in [-0.2, 0) is 34.4 Å². The summed E-state index contributed by atoms with van der Waals surface area (Å²) >= 11 is 0.999. The normalized spacial score (nSPS) is 20.3. The zero-order valence-electron chi connectivity index (χ0n) is 24.6. The second kappa shape index (κ2) is 15.0. The van der Waals surface area contributed by atoms with Crippen LogP contribution >= 0.6 is 19.6 Å². The third-order valence-electron chi connectivity index (χ3n) is 6.35. The molecule has 0 bridgehead atoms. The van der Waals surface area contributed by atoms with Crippen molar-refractivity contribution in [3.8, 4) is 5.75 Å². The molecule has 44 heavy (non-hydrogen) atoms. The first-order chi connectivity index (χ1) is 20.6. The maximum absolute atomic E-state index is 13.8. The van der Waals surface area contributed by atoms with Gasteiger partial charge in [-0.3, -0.25) is 33.0 Å². The van der Waals surface area contributed by atoms with E-state index < -0.39 is 61.5 Å². The number of benzene rings is 1. The van der Waals surface area contributed by atoms with Gasteiger partial charge in [0.1, 0.15) is 18.0 Å². The van der Waals surface area contributed by atoms with Crippen LogP contribution in [0.1, 0.15) is 44.5 Å². The number of aryl methyl sites for hydroxylation is 1. The van der Waals surface area contributed by atoms with Gasteiger partial charge in [0.05, 0.1) is 25.4 Å². The molecule has 0 saturated carbocycles. The molecule has 1 saturated heterocycles. The van der Waals surface area contributed by atoms with Crippen LogP contribution in [0, 0.1) is 12.3 Å². The number of nitrogens with zero attached hydrogens (tertiary/aromatic N) is 4. The van der Waals surface area contributed by atoms with Gasteiger partial charge < -0.3 is 20.1 Å². The van der Waals surface area contributed by atoms with Crippen molar-refractivity contribution in [3.63, 3.8) is 0 Å². The summed E-state index contributed by atoms with van der Waals surface area (Å²) in [6, 6.07) is 4.03. The number of hydrogen-bond acceptors (Lipinski definition) is 12. The van der Waals surface area contributed by atoms with Crippen LogP contribution in [0.4, 0.5) is 0 Å². The molecule has 0 spiro atoms. The predicted molar refractivity (Wildman–Crippen MR) is 160 cm³/mol. The van der Waals surface area contributed by atoms with Crippen LogP contribution in [0.3, 0.4) is 0 Å². The van der Waals surface area contributed by atoms with Crippen LogP contribution in [-0.4, -0.2) is 62.9 Å². The van der Waals surface area contributed by atoms with Crippen molar-refractivity contribution >= 4 is 30.7 Å². The number of azide groups is 1. The fourth-order valence-electron chi connectivity index (χ4n) is 3.94. The third kappa shape index (κ3) is 9.79. The minimum atomic E-state index is -4.39. The molecule has 1 aliphatic heterocycles. The highest BCUT2D eigenvalue weighted by atomic mass is 32.2. The number of aliphatic carboxylic acids is 1. The number of rotatable bonds is 14. The number of carboxylic acid groups (broad SMARTS) is 1. The number of hydrogen-bond donors (Lipinski definition) is 3. The van der Waals surface area contributed by atoms with Crippen molar-refractivity contribution in [3.05, 3.63) is 72.9 Å².